The predicted octanol–water partition coefficient (Wildman–Crippen LogP) is 3.22. The van der Waals surface area contributed by atoms with Gasteiger partial charge in [0.15, 0.2) is 5.82 Å². The van der Waals surface area contributed by atoms with E-state index < -0.39 is 12.1 Å². The summed E-state index contributed by atoms with van der Waals surface area (Å²) in [7, 11) is 0. The lowest BCUT2D eigenvalue weighted by Gasteiger charge is -2.18. The molecule has 3 aromatic rings. The number of anilines is 1. The summed E-state index contributed by atoms with van der Waals surface area (Å²) in [6.45, 7) is 3.69. The molecule has 1 unspecified atom stereocenters. The number of carbonyl (C=O) groups excluding carboxylic acids is 2. The molecule has 0 bridgehead atoms. The third-order valence-corrected chi connectivity index (χ3v) is 4.94. The summed E-state index contributed by atoms with van der Waals surface area (Å²) >= 11 is 0. The molecular formula is C22H24N6O2. The highest BCUT2D eigenvalue weighted by Gasteiger charge is 2.24. The largest absolute Gasteiger partial charge is 0.349 e. The smallest absolute Gasteiger partial charge is 0.320 e. The second-order valence-corrected chi connectivity index (χ2v) is 7.50. The zero-order valence-electron chi connectivity index (χ0n) is 16.9. The monoisotopic (exact) mass is 404 g/mol. The average molecular weight is 404 g/mol. The highest BCUT2D eigenvalue weighted by molar-refractivity contribution is 5.97. The Kier molecular flexibility index (Phi) is 5.47. The van der Waals surface area contributed by atoms with Crippen molar-refractivity contribution >= 4 is 17.6 Å². The van der Waals surface area contributed by atoms with E-state index in [1.807, 2.05) is 43.3 Å². The molecule has 0 saturated heterocycles. The number of aryl methyl sites for hydroxylation is 2. The van der Waals surface area contributed by atoms with Crippen molar-refractivity contribution in [3.05, 3.63) is 76.9 Å². The highest BCUT2D eigenvalue weighted by Crippen LogP contribution is 2.22. The van der Waals surface area contributed by atoms with Crippen LogP contribution in [0.25, 0.3) is 0 Å². The first-order valence-corrected chi connectivity index (χ1v) is 9.92. The zero-order valence-corrected chi connectivity index (χ0v) is 16.9. The van der Waals surface area contributed by atoms with Crippen LogP contribution in [0.5, 0.6) is 0 Å². The first kappa shape index (κ1) is 19.6. The molecule has 1 saturated carbocycles. The molecule has 0 spiro atoms. The van der Waals surface area contributed by atoms with Crippen LogP contribution in [0.15, 0.2) is 48.5 Å². The molecule has 4 N–H and O–H groups in total. The van der Waals surface area contributed by atoms with Crippen molar-refractivity contribution in [2.75, 3.05) is 5.32 Å². The van der Waals surface area contributed by atoms with Crippen molar-refractivity contribution in [1.29, 1.82) is 0 Å². The Morgan fingerprint density at radius 1 is 1.10 bits per heavy atom. The maximum atomic E-state index is 12.8. The Bertz CT molecular complexity index is 1060. The van der Waals surface area contributed by atoms with Crippen LogP contribution in [0.2, 0.25) is 0 Å². The zero-order chi connectivity index (χ0) is 21.1. The highest BCUT2D eigenvalue weighted by atomic mass is 16.2. The fourth-order valence-electron chi connectivity index (χ4n) is 3.12. The summed E-state index contributed by atoms with van der Waals surface area (Å²) in [5.41, 5.74) is 2.82. The first-order chi connectivity index (χ1) is 14.5. The van der Waals surface area contributed by atoms with Gasteiger partial charge in [0.1, 0.15) is 11.9 Å². The van der Waals surface area contributed by atoms with Crippen molar-refractivity contribution in [2.45, 2.75) is 38.8 Å². The van der Waals surface area contributed by atoms with Gasteiger partial charge in [-0.05, 0) is 49.9 Å². The van der Waals surface area contributed by atoms with Gasteiger partial charge in [0, 0.05) is 17.3 Å². The van der Waals surface area contributed by atoms with Crippen LogP contribution in [0.1, 0.15) is 52.0 Å². The topological polar surface area (TPSA) is 112 Å². The third-order valence-electron chi connectivity index (χ3n) is 4.94. The van der Waals surface area contributed by atoms with Crippen molar-refractivity contribution in [2.24, 2.45) is 0 Å². The van der Waals surface area contributed by atoms with Crippen molar-refractivity contribution in [3.63, 3.8) is 0 Å². The van der Waals surface area contributed by atoms with Gasteiger partial charge < -0.3 is 16.0 Å². The number of H-pyrrole nitrogens is 1. The number of nitrogens with one attached hydrogen (secondary N) is 4. The fraction of sp³-hybridized carbons (Fsp3) is 0.273. The summed E-state index contributed by atoms with van der Waals surface area (Å²) in [4.78, 5) is 29.5. The van der Waals surface area contributed by atoms with Crippen molar-refractivity contribution in [3.8, 4) is 0 Å². The predicted molar refractivity (Wildman–Crippen MR) is 113 cm³/mol. The quantitative estimate of drug-likeness (QED) is 0.505. The van der Waals surface area contributed by atoms with E-state index in [0.717, 1.165) is 24.0 Å². The minimum Gasteiger partial charge on any atom is -0.349 e. The van der Waals surface area contributed by atoms with E-state index in [1.165, 1.54) is 0 Å². The van der Waals surface area contributed by atoms with Crippen LogP contribution in [-0.2, 0) is 0 Å². The van der Waals surface area contributed by atoms with Gasteiger partial charge in [-0.1, -0.05) is 36.4 Å². The van der Waals surface area contributed by atoms with E-state index >= 15 is 0 Å². The summed E-state index contributed by atoms with van der Waals surface area (Å²) < 4.78 is 0. The third kappa shape index (κ3) is 4.65. The molecule has 0 aliphatic heterocycles. The lowest BCUT2D eigenvalue weighted by Crippen LogP contribution is -2.34. The minimum atomic E-state index is -0.516. The lowest BCUT2D eigenvalue weighted by molar-refractivity contribution is 0.0951. The van der Waals surface area contributed by atoms with Crippen molar-refractivity contribution in [1.82, 2.24) is 25.8 Å². The molecule has 2 aromatic carbocycles. The fourth-order valence-corrected chi connectivity index (χ4v) is 3.12. The first-order valence-electron chi connectivity index (χ1n) is 9.92. The van der Waals surface area contributed by atoms with Crippen LogP contribution >= 0.6 is 0 Å². The number of nitrogens with zero attached hydrogens (tertiary/aromatic N) is 2. The molecule has 4 rings (SSSR count). The van der Waals surface area contributed by atoms with E-state index in [0.29, 0.717) is 22.9 Å². The SMILES string of the molecule is Cc1nc(C(NC(=O)Nc2cc(C(=O)NC3CC3)ccc2C)c2ccccc2)n[nH]1. The standard InChI is InChI=1S/C22H24N6O2/c1-13-8-9-16(21(29)24-17-10-11-17)12-18(13)25-22(30)26-19(15-6-4-3-5-7-15)20-23-14(2)27-28-20/h3-9,12,17,19H,10-11H2,1-2H3,(H,24,29)(H,23,27,28)(H2,25,26,30). The molecule has 3 amide bonds. The maximum Gasteiger partial charge on any atom is 0.320 e. The molecule has 1 aliphatic rings. The summed E-state index contributed by atoms with van der Waals surface area (Å²) in [5.74, 6) is 1.01. The number of rotatable bonds is 6. The van der Waals surface area contributed by atoms with E-state index in [2.05, 4.69) is 31.1 Å². The van der Waals surface area contributed by atoms with Gasteiger partial charge in [-0.25, -0.2) is 9.78 Å². The van der Waals surface area contributed by atoms with Crippen LogP contribution in [0, 0.1) is 13.8 Å². The van der Waals surface area contributed by atoms with Crippen molar-refractivity contribution < 1.29 is 9.59 Å². The van der Waals surface area contributed by atoms with Gasteiger partial charge in [-0.15, -0.1) is 0 Å². The average Bonchev–Trinajstić information content (AvgIpc) is 3.45. The molecule has 1 aromatic heterocycles. The Morgan fingerprint density at radius 2 is 1.87 bits per heavy atom. The molecule has 0 radical (unpaired) electrons. The normalized spacial score (nSPS) is 14.1. The van der Waals surface area contributed by atoms with Gasteiger partial charge >= 0.3 is 6.03 Å². The van der Waals surface area contributed by atoms with Crippen LogP contribution in [0.3, 0.4) is 0 Å². The Balaban J connectivity index is 1.51. The van der Waals surface area contributed by atoms with Gasteiger partial charge in [-0.2, -0.15) is 5.10 Å². The van der Waals surface area contributed by atoms with Crippen LogP contribution in [-0.4, -0.2) is 33.2 Å². The molecule has 1 fully saturated rings. The van der Waals surface area contributed by atoms with E-state index in [9.17, 15) is 9.59 Å². The number of urea groups is 1. The summed E-state index contributed by atoms with van der Waals surface area (Å²) in [6, 6.07) is 14.1. The number of carbonyl (C=O) groups is 2. The molecule has 30 heavy (non-hydrogen) atoms. The Labute approximate surface area is 174 Å². The molecule has 154 valence electrons. The number of aromatic amines is 1. The number of hydrogen-bond donors (Lipinski definition) is 4. The minimum absolute atomic E-state index is 0.126. The molecule has 1 atom stereocenters. The number of hydrogen-bond acceptors (Lipinski definition) is 4. The van der Waals surface area contributed by atoms with Gasteiger partial charge in [-0.3, -0.25) is 9.89 Å². The van der Waals surface area contributed by atoms with E-state index in [4.69, 9.17) is 0 Å². The molecule has 1 heterocycles. The van der Waals surface area contributed by atoms with Gasteiger partial charge in [0.25, 0.3) is 5.91 Å². The molecule has 1 aliphatic carbocycles. The second kappa shape index (κ2) is 8.36. The van der Waals surface area contributed by atoms with Gasteiger partial charge in [0.2, 0.25) is 0 Å². The second-order valence-electron chi connectivity index (χ2n) is 7.50. The number of amides is 3. The number of aromatic nitrogens is 3. The Morgan fingerprint density at radius 3 is 2.53 bits per heavy atom. The lowest BCUT2D eigenvalue weighted by atomic mass is 10.1. The van der Waals surface area contributed by atoms with Crippen LogP contribution in [0.4, 0.5) is 10.5 Å². The number of benzene rings is 2. The Hall–Kier alpha value is -3.68. The summed E-state index contributed by atoms with van der Waals surface area (Å²) in [6.07, 6.45) is 2.04. The van der Waals surface area contributed by atoms with Gasteiger partial charge in [0.05, 0.1) is 0 Å². The molecule has 8 heteroatoms. The summed E-state index contributed by atoms with van der Waals surface area (Å²) in [5, 5.41) is 15.8. The molecular weight excluding hydrogens is 380 g/mol. The van der Waals surface area contributed by atoms with Crippen LogP contribution < -0.4 is 16.0 Å². The molecule has 8 nitrogen and oxygen atoms in total. The maximum absolute atomic E-state index is 12.8. The van der Waals surface area contributed by atoms with E-state index in [1.54, 1.807) is 19.1 Å². The van der Waals surface area contributed by atoms with E-state index in [-0.39, 0.29) is 11.9 Å².